The maximum atomic E-state index is 11.3. The van der Waals surface area contributed by atoms with E-state index >= 15 is 0 Å². The number of primary amides is 1. The third-order valence-corrected chi connectivity index (χ3v) is 1.66. The average molecular weight is 227 g/mol. The number of carboxylic acids is 1. The van der Waals surface area contributed by atoms with Crippen LogP contribution in [-0.4, -0.2) is 47.5 Å². The zero-order chi connectivity index (χ0) is 12.7. The summed E-state index contributed by atoms with van der Waals surface area (Å²) in [6.07, 6.45) is 4.81. The van der Waals surface area contributed by atoms with Gasteiger partial charge in [0.25, 0.3) is 0 Å². The Hall–Kier alpha value is -2.23. The second-order valence-corrected chi connectivity index (χ2v) is 3.07. The van der Waals surface area contributed by atoms with E-state index in [0.717, 1.165) is 4.90 Å². The summed E-state index contributed by atoms with van der Waals surface area (Å²) in [7, 11) is 1.31. The summed E-state index contributed by atoms with van der Waals surface area (Å²) in [6, 6.07) is -1.89. The van der Waals surface area contributed by atoms with Crippen LogP contribution < -0.4 is 11.1 Å². The second kappa shape index (κ2) is 6.29. The molecule has 88 valence electrons. The predicted octanol–water partition coefficient (Wildman–Crippen LogP) is -1.41. The van der Waals surface area contributed by atoms with E-state index in [9.17, 15) is 14.4 Å². The van der Waals surface area contributed by atoms with Crippen molar-refractivity contribution in [2.45, 2.75) is 12.5 Å². The largest absolute Gasteiger partial charge is 0.480 e. The first-order chi connectivity index (χ1) is 7.38. The minimum atomic E-state index is -1.24. The SMILES string of the molecule is C#CCC(NC(=O)N(C)CC(N)=O)C(=O)O. The minimum Gasteiger partial charge on any atom is -0.480 e. The van der Waals surface area contributed by atoms with Crippen LogP contribution in [-0.2, 0) is 9.59 Å². The summed E-state index contributed by atoms with van der Waals surface area (Å²) in [5.41, 5.74) is 4.87. The Kier molecular flexibility index (Phi) is 5.41. The molecule has 7 heteroatoms. The molecule has 0 aliphatic rings. The number of hydrogen-bond donors (Lipinski definition) is 3. The van der Waals surface area contributed by atoms with E-state index in [1.54, 1.807) is 0 Å². The van der Waals surface area contributed by atoms with Gasteiger partial charge in [-0.15, -0.1) is 12.3 Å². The smallest absolute Gasteiger partial charge is 0.327 e. The molecule has 0 radical (unpaired) electrons. The van der Waals surface area contributed by atoms with Crippen molar-refractivity contribution in [2.24, 2.45) is 5.73 Å². The Morgan fingerprint density at radius 1 is 1.56 bits per heavy atom. The van der Waals surface area contributed by atoms with Gasteiger partial charge in [-0.25, -0.2) is 9.59 Å². The topological polar surface area (TPSA) is 113 Å². The summed E-state index contributed by atoms with van der Waals surface area (Å²) in [6.45, 7) is -0.297. The average Bonchev–Trinajstić information content (AvgIpc) is 2.15. The zero-order valence-corrected chi connectivity index (χ0v) is 8.77. The lowest BCUT2D eigenvalue weighted by Gasteiger charge is -2.18. The quantitative estimate of drug-likeness (QED) is 0.501. The number of carbonyl (C=O) groups is 3. The lowest BCUT2D eigenvalue weighted by molar-refractivity contribution is -0.139. The Balaban J connectivity index is 4.35. The minimum absolute atomic E-state index is 0.133. The number of urea groups is 1. The Morgan fingerprint density at radius 3 is 2.50 bits per heavy atom. The maximum absolute atomic E-state index is 11.3. The molecule has 4 N–H and O–H groups in total. The highest BCUT2D eigenvalue weighted by Gasteiger charge is 2.21. The molecule has 0 aromatic carbocycles. The van der Waals surface area contributed by atoms with E-state index in [-0.39, 0.29) is 13.0 Å². The van der Waals surface area contributed by atoms with Gasteiger partial charge in [0, 0.05) is 13.5 Å². The molecule has 1 atom stereocenters. The van der Waals surface area contributed by atoms with Crippen LogP contribution >= 0.6 is 0 Å². The molecule has 0 fully saturated rings. The van der Waals surface area contributed by atoms with Gasteiger partial charge in [-0.2, -0.15) is 0 Å². The van der Waals surface area contributed by atoms with Gasteiger partial charge in [0.2, 0.25) is 5.91 Å². The van der Waals surface area contributed by atoms with Crippen molar-refractivity contribution < 1.29 is 19.5 Å². The molecule has 1 unspecified atom stereocenters. The zero-order valence-electron chi connectivity index (χ0n) is 8.77. The fourth-order valence-electron chi connectivity index (χ4n) is 0.883. The molecule has 7 nitrogen and oxygen atoms in total. The number of amides is 3. The number of terminal acetylenes is 1. The van der Waals surface area contributed by atoms with E-state index in [4.69, 9.17) is 17.3 Å². The number of nitrogens with zero attached hydrogens (tertiary/aromatic N) is 1. The number of likely N-dealkylation sites (N-methyl/N-ethyl adjacent to an activating group) is 1. The molecule has 0 aliphatic heterocycles. The molecule has 0 rings (SSSR count). The van der Waals surface area contributed by atoms with Crippen LogP contribution in [0.3, 0.4) is 0 Å². The van der Waals surface area contributed by atoms with Crippen molar-refractivity contribution in [3.05, 3.63) is 0 Å². The fraction of sp³-hybridized carbons (Fsp3) is 0.444. The van der Waals surface area contributed by atoms with Gasteiger partial charge in [-0.05, 0) is 0 Å². The molecule has 0 saturated carbocycles. The van der Waals surface area contributed by atoms with E-state index in [1.807, 2.05) is 0 Å². The highest BCUT2D eigenvalue weighted by molar-refractivity contribution is 5.86. The number of aliphatic carboxylic acids is 1. The maximum Gasteiger partial charge on any atom is 0.327 e. The van der Waals surface area contributed by atoms with E-state index < -0.39 is 23.9 Å². The third-order valence-electron chi connectivity index (χ3n) is 1.66. The van der Waals surface area contributed by atoms with Crippen molar-refractivity contribution in [3.8, 4) is 12.3 Å². The third kappa shape index (κ3) is 4.85. The van der Waals surface area contributed by atoms with Gasteiger partial charge >= 0.3 is 12.0 Å². The number of nitrogens with one attached hydrogen (secondary N) is 1. The molecule has 0 aliphatic carbocycles. The van der Waals surface area contributed by atoms with Gasteiger partial charge < -0.3 is 21.1 Å². The first kappa shape index (κ1) is 13.8. The Bertz CT molecular complexity index is 334. The highest BCUT2D eigenvalue weighted by atomic mass is 16.4. The van der Waals surface area contributed by atoms with Crippen LogP contribution in [0, 0.1) is 12.3 Å². The molecule has 3 amide bonds. The van der Waals surface area contributed by atoms with Crippen molar-refractivity contribution in [3.63, 3.8) is 0 Å². The summed E-state index contributed by atoms with van der Waals surface area (Å²) >= 11 is 0. The molecular formula is C9H13N3O4. The normalized spacial score (nSPS) is 11.0. The molecular weight excluding hydrogens is 214 g/mol. The standard InChI is InChI=1S/C9H13N3O4/c1-3-4-6(8(14)15)11-9(16)12(2)5-7(10)13/h1,6H,4-5H2,2H3,(H2,10,13)(H,11,16)(H,14,15). The van der Waals surface area contributed by atoms with Crippen LogP contribution in [0.15, 0.2) is 0 Å². The van der Waals surface area contributed by atoms with Gasteiger partial charge in [0.15, 0.2) is 0 Å². The number of hydrogen-bond acceptors (Lipinski definition) is 3. The van der Waals surface area contributed by atoms with Gasteiger partial charge in [-0.1, -0.05) is 0 Å². The van der Waals surface area contributed by atoms with E-state index in [1.165, 1.54) is 7.05 Å². The Labute approximate surface area is 92.6 Å². The molecule has 0 saturated heterocycles. The number of rotatable bonds is 5. The molecule has 0 bridgehead atoms. The first-order valence-electron chi connectivity index (χ1n) is 4.34. The fourth-order valence-corrected chi connectivity index (χ4v) is 0.883. The lowest BCUT2D eigenvalue weighted by atomic mass is 10.2. The summed E-state index contributed by atoms with van der Waals surface area (Å²) in [5.74, 6) is 0.198. The van der Waals surface area contributed by atoms with Gasteiger partial charge in [0.1, 0.15) is 12.6 Å². The molecule has 0 aromatic heterocycles. The van der Waals surface area contributed by atoms with Crippen molar-refractivity contribution in [1.82, 2.24) is 10.2 Å². The molecule has 16 heavy (non-hydrogen) atoms. The molecule has 0 aromatic rings. The van der Waals surface area contributed by atoms with Gasteiger partial charge in [-0.3, -0.25) is 4.79 Å². The van der Waals surface area contributed by atoms with Crippen LogP contribution in [0.1, 0.15) is 6.42 Å². The van der Waals surface area contributed by atoms with Crippen molar-refractivity contribution in [2.75, 3.05) is 13.6 Å². The number of nitrogens with two attached hydrogens (primary N) is 1. The molecule has 0 heterocycles. The van der Waals surface area contributed by atoms with Crippen LogP contribution in [0.25, 0.3) is 0 Å². The van der Waals surface area contributed by atoms with E-state index in [2.05, 4.69) is 11.2 Å². The van der Waals surface area contributed by atoms with Crippen LogP contribution in [0.5, 0.6) is 0 Å². The number of carboxylic acid groups (broad SMARTS) is 1. The lowest BCUT2D eigenvalue weighted by Crippen LogP contribution is -2.48. The summed E-state index contributed by atoms with van der Waals surface area (Å²) < 4.78 is 0. The van der Waals surface area contributed by atoms with Crippen molar-refractivity contribution >= 4 is 17.9 Å². The monoisotopic (exact) mass is 227 g/mol. The summed E-state index contributed by atoms with van der Waals surface area (Å²) in [4.78, 5) is 33.5. The van der Waals surface area contributed by atoms with Crippen LogP contribution in [0.2, 0.25) is 0 Å². The summed E-state index contributed by atoms with van der Waals surface area (Å²) in [5, 5.41) is 10.9. The first-order valence-corrected chi connectivity index (χ1v) is 4.34. The highest BCUT2D eigenvalue weighted by Crippen LogP contribution is 1.93. The van der Waals surface area contributed by atoms with Gasteiger partial charge in [0.05, 0.1) is 0 Å². The Morgan fingerprint density at radius 2 is 2.12 bits per heavy atom. The molecule has 0 spiro atoms. The van der Waals surface area contributed by atoms with Crippen molar-refractivity contribution in [1.29, 1.82) is 0 Å². The van der Waals surface area contributed by atoms with E-state index in [0.29, 0.717) is 0 Å². The predicted molar refractivity (Wildman–Crippen MR) is 55.2 cm³/mol. The second-order valence-electron chi connectivity index (χ2n) is 3.07. The number of carbonyl (C=O) groups excluding carboxylic acids is 2. The van der Waals surface area contributed by atoms with Crippen LogP contribution in [0.4, 0.5) is 4.79 Å².